The first kappa shape index (κ1) is 15.3. The van der Waals surface area contributed by atoms with E-state index >= 15 is 0 Å². The highest BCUT2D eigenvalue weighted by Gasteiger charge is 2.34. The molecule has 0 radical (unpaired) electrons. The Hall–Kier alpha value is -0.0800. The summed E-state index contributed by atoms with van der Waals surface area (Å²) in [7, 11) is 0. The first-order valence-corrected chi connectivity index (χ1v) is 8.77. The van der Waals surface area contributed by atoms with E-state index in [0.717, 1.165) is 12.0 Å². The Bertz CT molecular complexity index is 248. The summed E-state index contributed by atoms with van der Waals surface area (Å²) in [5.74, 6) is 0.937. The molecular weight excluding hydrogens is 232 g/mol. The van der Waals surface area contributed by atoms with Gasteiger partial charge in [-0.1, -0.05) is 46.0 Å². The summed E-state index contributed by atoms with van der Waals surface area (Å²) in [6.45, 7) is 5.86. The summed E-state index contributed by atoms with van der Waals surface area (Å²) in [6.07, 6.45) is 13.9. The van der Waals surface area contributed by atoms with Crippen LogP contribution in [-0.4, -0.2) is 29.6 Å². The van der Waals surface area contributed by atoms with Crippen molar-refractivity contribution >= 4 is 0 Å². The zero-order valence-electron chi connectivity index (χ0n) is 13.1. The monoisotopic (exact) mass is 266 g/mol. The predicted octanol–water partition coefficient (Wildman–Crippen LogP) is 3.94. The summed E-state index contributed by atoms with van der Waals surface area (Å²) >= 11 is 0. The second kappa shape index (κ2) is 7.64. The molecule has 0 aromatic rings. The molecule has 0 saturated heterocycles. The van der Waals surface area contributed by atoms with Crippen LogP contribution >= 0.6 is 0 Å². The Labute approximate surface area is 120 Å². The Morgan fingerprint density at radius 3 is 2.37 bits per heavy atom. The summed E-state index contributed by atoms with van der Waals surface area (Å²) in [5, 5.41) is 0. The molecule has 2 N–H and O–H groups in total. The molecular formula is C17H34N2. The fraction of sp³-hybridized carbons (Fsp3) is 1.00. The third-order valence-electron chi connectivity index (χ3n) is 5.51. The Morgan fingerprint density at radius 1 is 1.00 bits per heavy atom. The molecule has 2 nitrogen and oxygen atoms in total. The van der Waals surface area contributed by atoms with Crippen LogP contribution in [0.5, 0.6) is 0 Å². The average Bonchev–Trinajstić information content (AvgIpc) is 2.44. The number of rotatable bonds is 5. The van der Waals surface area contributed by atoms with Crippen molar-refractivity contribution in [2.75, 3.05) is 6.54 Å². The second-order valence-corrected chi connectivity index (χ2v) is 6.82. The molecule has 0 bridgehead atoms. The number of hydrogen-bond acceptors (Lipinski definition) is 2. The number of likely N-dealkylation sites (N-methyl/N-ethyl adjacent to an activating group) is 1. The van der Waals surface area contributed by atoms with Crippen LogP contribution in [0, 0.1) is 5.92 Å². The van der Waals surface area contributed by atoms with Gasteiger partial charge in [0.15, 0.2) is 0 Å². The van der Waals surface area contributed by atoms with Gasteiger partial charge in [0.25, 0.3) is 0 Å². The largest absolute Gasteiger partial charge is 0.326 e. The highest BCUT2D eigenvalue weighted by molar-refractivity contribution is 4.92. The van der Waals surface area contributed by atoms with Gasteiger partial charge >= 0.3 is 0 Å². The quantitative estimate of drug-likeness (QED) is 0.816. The lowest BCUT2D eigenvalue weighted by Crippen LogP contribution is -2.55. The Kier molecular flexibility index (Phi) is 6.15. The maximum atomic E-state index is 6.48. The van der Waals surface area contributed by atoms with Crippen LogP contribution < -0.4 is 5.73 Å². The summed E-state index contributed by atoms with van der Waals surface area (Å²) in [4.78, 5) is 2.78. The molecule has 2 saturated carbocycles. The van der Waals surface area contributed by atoms with E-state index in [-0.39, 0.29) is 0 Å². The smallest absolute Gasteiger partial charge is 0.0252 e. The van der Waals surface area contributed by atoms with Crippen molar-refractivity contribution < 1.29 is 0 Å². The Morgan fingerprint density at radius 2 is 1.74 bits per heavy atom. The van der Waals surface area contributed by atoms with Crippen LogP contribution in [0.1, 0.15) is 78.1 Å². The van der Waals surface area contributed by atoms with Gasteiger partial charge in [-0.15, -0.1) is 0 Å². The van der Waals surface area contributed by atoms with Crippen molar-refractivity contribution in [3.8, 4) is 0 Å². The highest BCUT2D eigenvalue weighted by Crippen LogP contribution is 2.33. The van der Waals surface area contributed by atoms with Crippen LogP contribution in [0.15, 0.2) is 0 Å². The molecule has 2 aliphatic carbocycles. The molecule has 112 valence electrons. The lowest BCUT2D eigenvalue weighted by atomic mass is 9.78. The molecule has 2 fully saturated rings. The number of nitrogens with zero attached hydrogens (tertiary/aromatic N) is 1. The molecule has 2 rings (SSSR count). The van der Waals surface area contributed by atoms with Gasteiger partial charge in [0.1, 0.15) is 0 Å². The van der Waals surface area contributed by atoms with Crippen molar-refractivity contribution in [2.24, 2.45) is 11.7 Å². The fourth-order valence-corrected chi connectivity index (χ4v) is 4.48. The summed E-state index contributed by atoms with van der Waals surface area (Å²) in [6, 6.07) is 1.92. The van der Waals surface area contributed by atoms with Gasteiger partial charge in [-0.3, -0.25) is 4.90 Å². The lowest BCUT2D eigenvalue weighted by molar-refractivity contribution is 0.0570. The number of hydrogen-bond donors (Lipinski definition) is 1. The van der Waals surface area contributed by atoms with E-state index < -0.39 is 0 Å². The minimum absolute atomic E-state index is 0.426. The van der Waals surface area contributed by atoms with Crippen LogP contribution in [0.25, 0.3) is 0 Å². The maximum absolute atomic E-state index is 6.48. The topological polar surface area (TPSA) is 29.3 Å². The first-order chi connectivity index (χ1) is 9.26. The molecule has 2 heteroatoms. The molecule has 3 atom stereocenters. The van der Waals surface area contributed by atoms with Crippen LogP contribution in [-0.2, 0) is 0 Å². The van der Waals surface area contributed by atoms with E-state index in [1.807, 2.05) is 0 Å². The zero-order chi connectivity index (χ0) is 13.7. The highest BCUT2D eigenvalue weighted by atomic mass is 15.2. The average molecular weight is 266 g/mol. The standard InChI is InChI=1S/C17H34N2/c1-3-8-14-11-12-16(18)17(13-14)19(4-2)15-9-6-5-7-10-15/h14-17H,3-13,18H2,1-2H3. The van der Waals surface area contributed by atoms with E-state index in [1.54, 1.807) is 0 Å². The fourth-order valence-electron chi connectivity index (χ4n) is 4.48. The third-order valence-corrected chi connectivity index (χ3v) is 5.51. The Balaban J connectivity index is 1.97. The van der Waals surface area contributed by atoms with Crippen molar-refractivity contribution in [3.63, 3.8) is 0 Å². The molecule has 19 heavy (non-hydrogen) atoms. The van der Waals surface area contributed by atoms with Gasteiger partial charge < -0.3 is 5.73 Å². The third kappa shape index (κ3) is 3.95. The van der Waals surface area contributed by atoms with Crippen molar-refractivity contribution in [1.29, 1.82) is 0 Å². The van der Waals surface area contributed by atoms with E-state index in [9.17, 15) is 0 Å². The molecule has 0 amide bonds. The molecule has 0 aromatic heterocycles. The van der Waals surface area contributed by atoms with Gasteiger partial charge in [0.2, 0.25) is 0 Å². The predicted molar refractivity (Wildman–Crippen MR) is 83.3 cm³/mol. The van der Waals surface area contributed by atoms with E-state index in [1.165, 1.54) is 70.8 Å². The molecule has 3 unspecified atom stereocenters. The van der Waals surface area contributed by atoms with Crippen LogP contribution in [0.4, 0.5) is 0 Å². The van der Waals surface area contributed by atoms with Gasteiger partial charge in [-0.25, -0.2) is 0 Å². The van der Waals surface area contributed by atoms with Gasteiger partial charge in [-0.05, 0) is 44.6 Å². The molecule has 0 aromatic carbocycles. The summed E-state index contributed by atoms with van der Waals surface area (Å²) in [5.41, 5.74) is 6.48. The lowest BCUT2D eigenvalue weighted by Gasteiger charge is -2.45. The molecule has 2 aliphatic rings. The van der Waals surface area contributed by atoms with E-state index in [2.05, 4.69) is 18.7 Å². The van der Waals surface area contributed by atoms with Gasteiger partial charge in [0.05, 0.1) is 0 Å². The minimum atomic E-state index is 0.426. The second-order valence-electron chi connectivity index (χ2n) is 6.82. The maximum Gasteiger partial charge on any atom is 0.0252 e. The van der Waals surface area contributed by atoms with Gasteiger partial charge in [-0.2, -0.15) is 0 Å². The summed E-state index contributed by atoms with van der Waals surface area (Å²) < 4.78 is 0. The normalized spacial score (nSPS) is 33.8. The van der Waals surface area contributed by atoms with E-state index in [0.29, 0.717) is 12.1 Å². The van der Waals surface area contributed by atoms with Crippen molar-refractivity contribution in [2.45, 2.75) is 96.2 Å². The molecule has 0 aliphatic heterocycles. The SMILES string of the molecule is CCCC1CCC(N)C(N(CC)C2CCCCC2)C1. The van der Waals surface area contributed by atoms with Gasteiger partial charge in [0, 0.05) is 18.1 Å². The van der Waals surface area contributed by atoms with Crippen molar-refractivity contribution in [3.05, 3.63) is 0 Å². The first-order valence-electron chi connectivity index (χ1n) is 8.77. The van der Waals surface area contributed by atoms with E-state index in [4.69, 9.17) is 5.73 Å². The van der Waals surface area contributed by atoms with Crippen molar-refractivity contribution in [1.82, 2.24) is 4.90 Å². The van der Waals surface area contributed by atoms with Crippen LogP contribution in [0.3, 0.4) is 0 Å². The molecule has 0 spiro atoms. The zero-order valence-corrected chi connectivity index (χ0v) is 13.1. The van der Waals surface area contributed by atoms with Crippen LogP contribution in [0.2, 0.25) is 0 Å². The molecule has 0 heterocycles. The minimum Gasteiger partial charge on any atom is -0.326 e. The number of nitrogens with two attached hydrogens (primary N) is 1.